The number of carbonyl (C=O) groups excluding carboxylic acids is 1. The van der Waals surface area contributed by atoms with Crippen LogP contribution in [-0.4, -0.2) is 18.5 Å². The number of rotatable bonds is 5. The Labute approximate surface area is 106 Å². The van der Waals surface area contributed by atoms with Gasteiger partial charge in [0.05, 0.1) is 0 Å². The van der Waals surface area contributed by atoms with Crippen molar-refractivity contribution in [1.29, 1.82) is 0 Å². The van der Waals surface area contributed by atoms with Crippen LogP contribution >= 0.6 is 0 Å². The number of hydrogen-bond acceptors (Lipinski definition) is 2. The Bertz CT molecular complexity index is 260. The van der Waals surface area contributed by atoms with Crippen LogP contribution in [0.2, 0.25) is 0 Å². The maximum atomic E-state index is 12.5. The Morgan fingerprint density at radius 1 is 1.41 bits per heavy atom. The lowest BCUT2D eigenvalue weighted by molar-refractivity contribution is -0.160. The molecule has 2 nitrogen and oxygen atoms in total. The highest BCUT2D eigenvalue weighted by molar-refractivity contribution is 5.87. The zero-order chi connectivity index (χ0) is 13.1. The van der Waals surface area contributed by atoms with E-state index >= 15 is 0 Å². The largest absolute Gasteiger partial charge is 0.370 e. The van der Waals surface area contributed by atoms with E-state index in [2.05, 4.69) is 27.7 Å². The van der Waals surface area contributed by atoms with E-state index in [1.54, 1.807) is 7.11 Å². The van der Waals surface area contributed by atoms with Gasteiger partial charge in [-0.1, -0.05) is 34.1 Å². The summed E-state index contributed by atoms with van der Waals surface area (Å²) in [5.41, 5.74) is -0.498. The Balaban J connectivity index is 2.99. The molecule has 1 fully saturated rings. The van der Waals surface area contributed by atoms with Gasteiger partial charge in [0.1, 0.15) is 5.60 Å². The molecule has 3 unspecified atom stereocenters. The van der Waals surface area contributed by atoms with Gasteiger partial charge in [-0.2, -0.15) is 0 Å². The van der Waals surface area contributed by atoms with Crippen LogP contribution in [0, 0.1) is 17.8 Å². The fraction of sp³-hybridized carbons (Fsp3) is 0.933. The van der Waals surface area contributed by atoms with Gasteiger partial charge in [0, 0.05) is 13.5 Å². The van der Waals surface area contributed by atoms with Crippen LogP contribution in [0.15, 0.2) is 0 Å². The molecular formula is C15H28O2. The summed E-state index contributed by atoms with van der Waals surface area (Å²) < 4.78 is 5.79. The highest BCUT2D eigenvalue weighted by Gasteiger charge is 2.49. The molecule has 0 amide bonds. The Kier molecular flexibility index (Phi) is 5.18. The predicted octanol–water partition coefficient (Wildman–Crippen LogP) is 3.83. The summed E-state index contributed by atoms with van der Waals surface area (Å²) in [7, 11) is 1.72. The number of methoxy groups -OCH3 is 1. The third-order valence-corrected chi connectivity index (χ3v) is 4.34. The monoisotopic (exact) mass is 240 g/mol. The Morgan fingerprint density at radius 2 is 2.06 bits per heavy atom. The van der Waals surface area contributed by atoms with Crippen molar-refractivity contribution in [3.05, 3.63) is 0 Å². The smallest absolute Gasteiger partial charge is 0.164 e. The van der Waals surface area contributed by atoms with Crippen molar-refractivity contribution in [1.82, 2.24) is 0 Å². The molecule has 0 saturated heterocycles. The van der Waals surface area contributed by atoms with Crippen LogP contribution in [0.1, 0.15) is 59.8 Å². The zero-order valence-corrected chi connectivity index (χ0v) is 12.1. The minimum Gasteiger partial charge on any atom is -0.370 e. The maximum absolute atomic E-state index is 12.5. The number of Topliss-reactive ketones (excluding diaryl/α,β-unsaturated/α-hetero) is 1. The number of carbonyl (C=O) groups is 1. The van der Waals surface area contributed by atoms with Gasteiger partial charge in [0.2, 0.25) is 0 Å². The second-order valence-electron chi connectivity index (χ2n) is 6.00. The third-order valence-electron chi connectivity index (χ3n) is 4.34. The zero-order valence-electron chi connectivity index (χ0n) is 12.1. The highest BCUT2D eigenvalue weighted by Crippen LogP contribution is 2.44. The molecule has 1 rings (SSSR count). The van der Waals surface area contributed by atoms with Gasteiger partial charge in [0.25, 0.3) is 0 Å². The average Bonchev–Trinajstić information content (AvgIpc) is 2.28. The van der Waals surface area contributed by atoms with Gasteiger partial charge < -0.3 is 4.74 Å². The summed E-state index contributed by atoms with van der Waals surface area (Å²) in [6.45, 7) is 8.74. The number of ether oxygens (including phenoxy) is 1. The van der Waals surface area contributed by atoms with Crippen LogP contribution in [0.4, 0.5) is 0 Å². The quantitative estimate of drug-likeness (QED) is 0.730. The first kappa shape index (κ1) is 14.7. The SMILES string of the molecule is CCCC(=O)C1(OC)CC(C)CCC1C(C)C. The lowest BCUT2D eigenvalue weighted by Gasteiger charge is -2.46. The average molecular weight is 240 g/mol. The first-order chi connectivity index (χ1) is 7.97. The molecule has 0 aromatic rings. The van der Waals surface area contributed by atoms with E-state index in [1.165, 1.54) is 6.42 Å². The van der Waals surface area contributed by atoms with Crippen molar-refractivity contribution in [3.8, 4) is 0 Å². The van der Waals surface area contributed by atoms with E-state index in [1.807, 2.05) is 0 Å². The molecule has 0 radical (unpaired) electrons. The molecule has 1 aliphatic rings. The van der Waals surface area contributed by atoms with Crippen LogP contribution in [0.5, 0.6) is 0 Å². The van der Waals surface area contributed by atoms with Crippen LogP contribution < -0.4 is 0 Å². The van der Waals surface area contributed by atoms with E-state index in [4.69, 9.17) is 4.74 Å². The summed E-state index contributed by atoms with van der Waals surface area (Å²) >= 11 is 0. The molecule has 0 heterocycles. The van der Waals surface area contributed by atoms with E-state index in [-0.39, 0.29) is 0 Å². The van der Waals surface area contributed by atoms with E-state index in [0.717, 1.165) is 19.3 Å². The normalized spacial score (nSPS) is 34.0. The van der Waals surface area contributed by atoms with Crippen molar-refractivity contribution in [2.75, 3.05) is 7.11 Å². The molecule has 0 bridgehead atoms. The molecule has 0 N–H and O–H groups in total. The Hall–Kier alpha value is -0.370. The number of ketones is 1. The van der Waals surface area contributed by atoms with Gasteiger partial charge in [-0.25, -0.2) is 0 Å². The molecule has 17 heavy (non-hydrogen) atoms. The highest BCUT2D eigenvalue weighted by atomic mass is 16.5. The first-order valence-electron chi connectivity index (χ1n) is 7.06. The van der Waals surface area contributed by atoms with Crippen LogP contribution in [0.3, 0.4) is 0 Å². The topological polar surface area (TPSA) is 26.3 Å². The van der Waals surface area contributed by atoms with Gasteiger partial charge in [-0.3, -0.25) is 4.79 Å². The van der Waals surface area contributed by atoms with E-state index in [9.17, 15) is 4.79 Å². The molecule has 0 spiro atoms. The summed E-state index contributed by atoms with van der Waals surface area (Å²) in [6.07, 6.45) is 4.84. The maximum Gasteiger partial charge on any atom is 0.164 e. The van der Waals surface area contributed by atoms with E-state index < -0.39 is 5.60 Å². The molecule has 1 saturated carbocycles. The van der Waals surface area contributed by atoms with Gasteiger partial charge in [0.15, 0.2) is 5.78 Å². The summed E-state index contributed by atoms with van der Waals surface area (Å²) in [4.78, 5) is 12.5. The second-order valence-corrected chi connectivity index (χ2v) is 6.00. The third kappa shape index (κ3) is 2.90. The van der Waals surface area contributed by atoms with Crippen LogP contribution in [-0.2, 0) is 9.53 Å². The molecule has 3 atom stereocenters. The van der Waals surface area contributed by atoms with Gasteiger partial charge >= 0.3 is 0 Å². The molecule has 0 aromatic carbocycles. The van der Waals surface area contributed by atoms with Crippen LogP contribution in [0.25, 0.3) is 0 Å². The standard InChI is InChI=1S/C15H28O2/c1-6-7-14(16)15(17-5)10-12(4)8-9-13(15)11(2)3/h11-13H,6-10H2,1-5H3. The summed E-state index contributed by atoms with van der Waals surface area (Å²) in [6, 6.07) is 0. The minimum absolute atomic E-state index is 0.327. The fourth-order valence-corrected chi connectivity index (χ4v) is 3.45. The molecule has 100 valence electrons. The lowest BCUT2D eigenvalue weighted by atomic mass is 9.64. The van der Waals surface area contributed by atoms with Crippen molar-refractivity contribution >= 4 is 5.78 Å². The van der Waals surface area contributed by atoms with Crippen molar-refractivity contribution < 1.29 is 9.53 Å². The van der Waals surface area contributed by atoms with E-state index in [0.29, 0.717) is 30.0 Å². The second kappa shape index (κ2) is 5.99. The summed E-state index contributed by atoms with van der Waals surface area (Å²) in [5.74, 6) is 1.84. The molecule has 2 heteroatoms. The summed E-state index contributed by atoms with van der Waals surface area (Å²) in [5, 5.41) is 0. The van der Waals surface area contributed by atoms with Crippen molar-refractivity contribution in [3.63, 3.8) is 0 Å². The lowest BCUT2D eigenvalue weighted by Crippen LogP contribution is -2.53. The minimum atomic E-state index is -0.498. The molecule has 1 aliphatic carbocycles. The van der Waals surface area contributed by atoms with Gasteiger partial charge in [-0.05, 0) is 37.0 Å². The number of hydrogen-bond donors (Lipinski definition) is 0. The van der Waals surface area contributed by atoms with Crippen molar-refractivity contribution in [2.24, 2.45) is 17.8 Å². The predicted molar refractivity (Wildman–Crippen MR) is 71.0 cm³/mol. The molecule has 0 aromatic heterocycles. The first-order valence-corrected chi connectivity index (χ1v) is 7.06. The van der Waals surface area contributed by atoms with Gasteiger partial charge in [-0.15, -0.1) is 0 Å². The van der Waals surface area contributed by atoms with Crippen molar-refractivity contribution in [2.45, 2.75) is 65.4 Å². The molecular weight excluding hydrogens is 212 g/mol. The Morgan fingerprint density at radius 3 is 2.53 bits per heavy atom. The molecule has 0 aliphatic heterocycles. The fourth-order valence-electron chi connectivity index (χ4n) is 3.45.